The molecule has 0 radical (unpaired) electrons. The number of aromatic nitrogens is 2. The van der Waals surface area contributed by atoms with Crippen LogP contribution < -0.4 is 14.8 Å². The standard InChI is InChI=1S/C20H17F3N4O5S/c21-20(22,23)32-16-4-6-17(7-5-16)33(30,31)26-9-8-18(29)27-14-11-24-19(25-12-14)13-2-1-3-15(28)10-13/h1-7,10-12,26,28H,8-9H2,(H,27,29). The van der Waals surface area contributed by atoms with E-state index in [9.17, 15) is 31.5 Å². The molecule has 0 spiro atoms. The number of phenolic OH excluding ortho intramolecular Hbond substituents is 1. The highest BCUT2D eigenvalue weighted by atomic mass is 32.2. The van der Waals surface area contributed by atoms with Crippen LogP contribution in [0.1, 0.15) is 6.42 Å². The van der Waals surface area contributed by atoms with Crippen molar-refractivity contribution >= 4 is 21.6 Å². The third-order valence-electron chi connectivity index (χ3n) is 4.05. The number of ether oxygens (including phenoxy) is 1. The van der Waals surface area contributed by atoms with E-state index in [0.717, 1.165) is 24.3 Å². The Morgan fingerprint density at radius 2 is 1.73 bits per heavy atom. The van der Waals surface area contributed by atoms with Crippen LogP contribution in [0.2, 0.25) is 0 Å². The molecular formula is C20H17F3N4O5S. The number of nitrogens with zero attached hydrogens (tertiary/aromatic N) is 2. The number of alkyl halides is 3. The zero-order valence-electron chi connectivity index (χ0n) is 16.7. The number of hydrogen-bond acceptors (Lipinski definition) is 7. The van der Waals surface area contributed by atoms with Crippen molar-refractivity contribution in [3.05, 3.63) is 60.9 Å². The lowest BCUT2D eigenvalue weighted by atomic mass is 10.2. The zero-order chi connectivity index (χ0) is 24.1. The summed E-state index contributed by atoms with van der Waals surface area (Å²) in [7, 11) is -4.04. The lowest BCUT2D eigenvalue weighted by Gasteiger charge is -2.10. The van der Waals surface area contributed by atoms with Crippen molar-refractivity contribution in [3.8, 4) is 22.9 Å². The van der Waals surface area contributed by atoms with Crippen molar-refractivity contribution in [1.82, 2.24) is 14.7 Å². The summed E-state index contributed by atoms with van der Waals surface area (Å²) in [5.41, 5.74) is 0.868. The van der Waals surface area contributed by atoms with Gasteiger partial charge < -0.3 is 15.2 Å². The molecule has 13 heteroatoms. The predicted octanol–water partition coefficient (Wildman–Crippen LogP) is 3.05. The molecule has 9 nitrogen and oxygen atoms in total. The van der Waals surface area contributed by atoms with Gasteiger partial charge in [-0.25, -0.2) is 23.1 Å². The average Bonchev–Trinajstić information content (AvgIpc) is 2.73. The van der Waals surface area contributed by atoms with E-state index >= 15 is 0 Å². The van der Waals surface area contributed by atoms with E-state index in [2.05, 4.69) is 24.7 Å². The van der Waals surface area contributed by atoms with Gasteiger partial charge in [0, 0.05) is 18.5 Å². The summed E-state index contributed by atoms with van der Waals surface area (Å²) < 4.78 is 66.9. The first-order chi connectivity index (χ1) is 15.5. The van der Waals surface area contributed by atoms with Crippen molar-refractivity contribution in [2.24, 2.45) is 0 Å². The minimum absolute atomic E-state index is 0.0570. The summed E-state index contributed by atoms with van der Waals surface area (Å²) in [6.45, 7) is -0.253. The van der Waals surface area contributed by atoms with Gasteiger partial charge in [-0.3, -0.25) is 4.79 Å². The number of halogens is 3. The fourth-order valence-corrected chi connectivity index (χ4v) is 3.64. The van der Waals surface area contributed by atoms with Crippen LogP contribution in [0.15, 0.2) is 65.8 Å². The van der Waals surface area contributed by atoms with Crippen LogP contribution in [0.25, 0.3) is 11.4 Å². The predicted molar refractivity (Wildman–Crippen MR) is 111 cm³/mol. The number of sulfonamides is 1. The second kappa shape index (κ2) is 9.83. The van der Waals surface area contributed by atoms with Crippen molar-refractivity contribution < 1.29 is 36.2 Å². The first-order valence-corrected chi connectivity index (χ1v) is 10.8. The Morgan fingerprint density at radius 1 is 1.06 bits per heavy atom. The van der Waals surface area contributed by atoms with E-state index in [1.807, 2.05) is 0 Å². The van der Waals surface area contributed by atoms with Crippen LogP contribution >= 0.6 is 0 Å². The fourth-order valence-electron chi connectivity index (χ4n) is 2.61. The van der Waals surface area contributed by atoms with Gasteiger partial charge in [0.2, 0.25) is 15.9 Å². The highest BCUT2D eigenvalue weighted by Gasteiger charge is 2.31. The average molecular weight is 482 g/mol. The SMILES string of the molecule is O=C(CCNS(=O)(=O)c1ccc(OC(F)(F)F)cc1)Nc1cnc(-c2cccc(O)c2)nc1. The monoisotopic (exact) mass is 482 g/mol. The number of nitrogens with one attached hydrogen (secondary N) is 2. The Morgan fingerprint density at radius 3 is 2.33 bits per heavy atom. The Kier molecular flexibility index (Phi) is 7.13. The van der Waals surface area contributed by atoms with E-state index in [0.29, 0.717) is 11.4 Å². The van der Waals surface area contributed by atoms with Gasteiger partial charge in [-0.15, -0.1) is 13.2 Å². The summed E-state index contributed by atoms with van der Waals surface area (Å²) in [4.78, 5) is 20.0. The van der Waals surface area contributed by atoms with Gasteiger partial charge in [0.05, 0.1) is 23.0 Å². The maximum atomic E-state index is 12.2. The molecule has 174 valence electrons. The number of hydrogen-bond donors (Lipinski definition) is 3. The van der Waals surface area contributed by atoms with Gasteiger partial charge in [0.1, 0.15) is 11.5 Å². The summed E-state index contributed by atoms with van der Waals surface area (Å²) in [6, 6.07) is 9.97. The third-order valence-corrected chi connectivity index (χ3v) is 5.53. The number of phenols is 1. The van der Waals surface area contributed by atoms with Crippen molar-refractivity contribution in [2.75, 3.05) is 11.9 Å². The maximum absolute atomic E-state index is 12.2. The maximum Gasteiger partial charge on any atom is 0.573 e. The number of aromatic hydroxyl groups is 1. The van der Waals surface area contributed by atoms with Crippen LogP contribution in [-0.4, -0.2) is 42.3 Å². The van der Waals surface area contributed by atoms with E-state index in [-0.39, 0.29) is 29.3 Å². The smallest absolute Gasteiger partial charge is 0.508 e. The Hall–Kier alpha value is -3.71. The third kappa shape index (κ3) is 7.15. The number of amides is 1. The van der Waals surface area contributed by atoms with E-state index in [1.54, 1.807) is 12.1 Å². The normalized spacial score (nSPS) is 11.7. The summed E-state index contributed by atoms with van der Waals surface area (Å²) in [6.07, 6.45) is -2.39. The Balaban J connectivity index is 1.50. The van der Waals surface area contributed by atoms with Crippen LogP contribution in [-0.2, 0) is 14.8 Å². The number of benzene rings is 2. The molecule has 0 aliphatic rings. The highest BCUT2D eigenvalue weighted by molar-refractivity contribution is 7.89. The largest absolute Gasteiger partial charge is 0.573 e. The van der Waals surface area contributed by atoms with E-state index < -0.39 is 28.0 Å². The molecule has 0 saturated carbocycles. The van der Waals surface area contributed by atoms with Crippen LogP contribution in [0, 0.1) is 0 Å². The molecule has 0 bridgehead atoms. The number of rotatable bonds is 8. The van der Waals surface area contributed by atoms with Gasteiger partial charge in [-0.05, 0) is 36.4 Å². The van der Waals surface area contributed by atoms with Gasteiger partial charge in [0.15, 0.2) is 5.82 Å². The van der Waals surface area contributed by atoms with Crippen molar-refractivity contribution in [3.63, 3.8) is 0 Å². The van der Waals surface area contributed by atoms with E-state index in [1.165, 1.54) is 24.5 Å². The number of carbonyl (C=O) groups excluding carboxylic acids is 1. The molecule has 2 aromatic carbocycles. The second-order valence-corrected chi connectivity index (χ2v) is 8.33. The molecule has 0 unspecified atom stereocenters. The first kappa shape index (κ1) is 23.9. The molecule has 3 N–H and O–H groups in total. The lowest BCUT2D eigenvalue weighted by Crippen LogP contribution is -2.28. The van der Waals surface area contributed by atoms with Crippen LogP contribution in [0.4, 0.5) is 18.9 Å². The van der Waals surface area contributed by atoms with Crippen LogP contribution in [0.3, 0.4) is 0 Å². The van der Waals surface area contributed by atoms with Crippen molar-refractivity contribution in [1.29, 1.82) is 0 Å². The topological polar surface area (TPSA) is 131 Å². The van der Waals surface area contributed by atoms with Gasteiger partial charge in [-0.1, -0.05) is 12.1 Å². The molecule has 0 atom stereocenters. The summed E-state index contributed by atoms with van der Waals surface area (Å²) >= 11 is 0. The lowest BCUT2D eigenvalue weighted by molar-refractivity contribution is -0.274. The molecular weight excluding hydrogens is 465 g/mol. The molecule has 33 heavy (non-hydrogen) atoms. The minimum atomic E-state index is -4.89. The molecule has 0 saturated heterocycles. The molecule has 0 aliphatic carbocycles. The van der Waals surface area contributed by atoms with Crippen molar-refractivity contribution in [2.45, 2.75) is 17.7 Å². The molecule has 1 amide bonds. The van der Waals surface area contributed by atoms with E-state index in [4.69, 9.17) is 0 Å². The highest BCUT2D eigenvalue weighted by Crippen LogP contribution is 2.24. The Bertz CT molecular complexity index is 1220. The quantitative estimate of drug-likeness (QED) is 0.450. The molecule has 3 rings (SSSR count). The molecule has 0 fully saturated rings. The fraction of sp³-hybridized carbons (Fsp3) is 0.150. The van der Waals surface area contributed by atoms with Gasteiger partial charge >= 0.3 is 6.36 Å². The number of anilines is 1. The molecule has 1 heterocycles. The first-order valence-electron chi connectivity index (χ1n) is 9.29. The molecule has 3 aromatic rings. The van der Waals surface area contributed by atoms with Gasteiger partial charge in [-0.2, -0.15) is 0 Å². The molecule has 1 aromatic heterocycles. The van der Waals surface area contributed by atoms with Crippen LogP contribution in [0.5, 0.6) is 11.5 Å². The molecule has 0 aliphatic heterocycles. The second-order valence-electron chi connectivity index (χ2n) is 6.56. The van der Waals surface area contributed by atoms with Gasteiger partial charge in [0.25, 0.3) is 0 Å². The zero-order valence-corrected chi connectivity index (χ0v) is 17.5. The summed E-state index contributed by atoms with van der Waals surface area (Å²) in [5.74, 6) is -0.678. The number of carbonyl (C=O) groups is 1. The summed E-state index contributed by atoms with van der Waals surface area (Å²) in [5, 5.41) is 12.0. The minimum Gasteiger partial charge on any atom is -0.508 e. The Labute approximate surface area is 186 Å².